The number of anilines is 1. The molecule has 0 bridgehead atoms. The maximum Gasteiger partial charge on any atom is 0.260 e. The molecule has 0 saturated carbocycles. The molecule has 2 rings (SSSR count). The van der Waals surface area contributed by atoms with E-state index in [0.717, 1.165) is 5.69 Å². The van der Waals surface area contributed by atoms with Gasteiger partial charge in [0.05, 0.1) is 17.3 Å². The number of pyridine rings is 1. The molecule has 0 aliphatic carbocycles. The molecule has 0 aromatic carbocycles. The molecular weight excluding hydrogens is 230 g/mol. The van der Waals surface area contributed by atoms with Crippen LogP contribution in [0, 0.1) is 18.3 Å². The van der Waals surface area contributed by atoms with Gasteiger partial charge in [0.25, 0.3) is 5.91 Å². The molecule has 0 aliphatic rings. The third-order valence-electron chi connectivity index (χ3n) is 2.61. The van der Waals surface area contributed by atoms with Crippen LogP contribution in [0.2, 0.25) is 0 Å². The van der Waals surface area contributed by atoms with Crippen LogP contribution in [0.4, 0.5) is 5.82 Å². The number of hydrogen-bond acceptors (Lipinski definition) is 4. The van der Waals surface area contributed by atoms with E-state index in [1.54, 1.807) is 23.9 Å². The van der Waals surface area contributed by atoms with Gasteiger partial charge >= 0.3 is 0 Å². The van der Waals surface area contributed by atoms with Crippen LogP contribution in [0.25, 0.3) is 0 Å². The van der Waals surface area contributed by atoms with Crippen LogP contribution in [0.15, 0.2) is 24.5 Å². The number of hydrogen-bond donors (Lipinski definition) is 1. The standard InChI is InChI=1S/C12H11N5O/c1-8-10(7-15-17(8)2)12(18)16-11-4-3-9(5-13)6-14-11/h3-4,6-7H,1-2H3,(H,14,16,18). The highest BCUT2D eigenvalue weighted by Crippen LogP contribution is 2.10. The van der Waals surface area contributed by atoms with E-state index < -0.39 is 0 Å². The quantitative estimate of drug-likeness (QED) is 0.857. The van der Waals surface area contributed by atoms with E-state index in [1.807, 2.05) is 13.0 Å². The fourth-order valence-corrected chi connectivity index (χ4v) is 1.44. The number of carbonyl (C=O) groups excluding carboxylic acids is 1. The van der Waals surface area contributed by atoms with Crippen molar-refractivity contribution < 1.29 is 4.79 Å². The second kappa shape index (κ2) is 4.67. The van der Waals surface area contributed by atoms with Gasteiger partial charge in [-0.3, -0.25) is 9.48 Å². The molecule has 2 heterocycles. The van der Waals surface area contributed by atoms with Gasteiger partial charge in [-0.15, -0.1) is 0 Å². The summed E-state index contributed by atoms with van der Waals surface area (Å²) in [6.07, 6.45) is 2.92. The van der Waals surface area contributed by atoms with Gasteiger partial charge in [-0.2, -0.15) is 10.4 Å². The second-order valence-corrected chi connectivity index (χ2v) is 3.77. The normalized spacial score (nSPS) is 9.83. The number of aromatic nitrogens is 3. The lowest BCUT2D eigenvalue weighted by Gasteiger charge is -2.03. The number of nitriles is 1. The van der Waals surface area contributed by atoms with Crippen molar-refractivity contribution in [2.24, 2.45) is 7.05 Å². The molecule has 0 radical (unpaired) electrons. The Bertz CT molecular complexity index is 621. The first kappa shape index (κ1) is 11.8. The highest BCUT2D eigenvalue weighted by molar-refractivity contribution is 6.04. The van der Waals surface area contributed by atoms with E-state index >= 15 is 0 Å². The van der Waals surface area contributed by atoms with Crippen LogP contribution < -0.4 is 5.32 Å². The second-order valence-electron chi connectivity index (χ2n) is 3.77. The first-order chi connectivity index (χ1) is 8.61. The van der Waals surface area contributed by atoms with Gasteiger partial charge in [0.1, 0.15) is 11.9 Å². The molecule has 0 atom stereocenters. The largest absolute Gasteiger partial charge is 0.306 e. The molecule has 0 fully saturated rings. The van der Waals surface area contributed by atoms with E-state index in [-0.39, 0.29) is 5.91 Å². The third kappa shape index (κ3) is 2.20. The molecule has 1 N–H and O–H groups in total. The molecule has 6 heteroatoms. The van der Waals surface area contributed by atoms with Gasteiger partial charge < -0.3 is 5.32 Å². The summed E-state index contributed by atoms with van der Waals surface area (Å²) in [4.78, 5) is 15.9. The summed E-state index contributed by atoms with van der Waals surface area (Å²) in [6, 6.07) is 5.14. The molecule has 6 nitrogen and oxygen atoms in total. The van der Waals surface area contributed by atoms with Crippen molar-refractivity contribution in [3.8, 4) is 6.07 Å². The maximum atomic E-state index is 11.9. The van der Waals surface area contributed by atoms with E-state index in [0.29, 0.717) is 16.9 Å². The fraction of sp³-hybridized carbons (Fsp3) is 0.167. The maximum absolute atomic E-state index is 11.9. The van der Waals surface area contributed by atoms with Crippen LogP contribution >= 0.6 is 0 Å². The Morgan fingerprint density at radius 1 is 1.44 bits per heavy atom. The number of nitrogens with one attached hydrogen (secondary N) is 1. The number of aryl methyl sites for hydroxylation is 1. The van der Waals surface area contributed by atoms with E-state index in [4.69, 9.17) is 5.26 Å². The van der Waals surface area contributed by atoms with Crippen LogP contribution in [0.1, 0.15) is 21.6 Å². The van der Waals surface area contributed by atoms with Crippen LogP contribution in [-0.4, -0.2) is 20.7 Å². The van der Waals surface area contributed by atoms with E-state index in [1.165, 1.54) is 12.4 Å². The van der Waals surface area contributed by atoms with Crippen LogP contribution in [0.3, 0.4) is 0 Å². The highest BCUT2D eigenvalue weighted by atomic mass is 16.1. The fourth-order valence-electron chi connectivity index (χ4n) is 1.44. The third-order valence-corrected chi connectivity index (χ3v) is 2.61. The zero-order valence-corrected chi connectivity index (χ0v) is 10.0. The zero-order chi connectivity index (χ0) is 13.1. The predicted octanol–water partition coefficient (Wildman–Crippen LogP) is 1.25. The Labute approximate surface area is 104 Å². The predicted molar refractivity (Wildman–Crippen MR) is 64.9 cm³/mol. The molecule has 0 spiro atoms. The summed E-state index contributed by atoms with van der Waals surface area (Å²) in [6.45, 7) is 1.81. The summed E-state index contributed by atoms with van der Waals surface area (Å²) >= 11 is 0. The van der Waals surface area contributed by atoms with Crippen molar-refractivity contribution in [3.05, 3.63) is 41.3 Å². The summed E-state index contributed by atoms with van der Waals surface area (Å²) in [5, 5.41) is 15.3. The summed E-state index contributed by atoms with van der Waals surface area (Å²) in [7, 11) is 1.77. The summed E-state index contributed by atoms with van der Waals surface area (Å²) in [5.74, 6) is 0.139. The Kier molecular flexibility index (Phi) is 3.06. The van der Waals surface area contributed by atoms with Gasteiger partial charge in [-0.1, -0.05) is 0 Å². The summed E-state index contributed by atoms with van der Waals surface area (Å²) in [5.41, 5.74) is 1.73. The lowest BCUT2D eigenvalue weighted by Crippen LogP contribution is -2.13. The molecule has 0 aliphatic heterocycles. The van der Waals surface area contributed by atoms with Gasteiger partial charge in [-0.05, 0) is 19.1 Å². The molecule has 0 unspecified atom stereocenters. The minimum Gasteiger partial charge on any atom is -0.306 e. The van der Waals surface area contributed by atoms with Gasteiger partial charge in [0.15, 0.2) is 0 Å². The SMILES string of the molecule is Cc1c(C(=O)Nc2ccc(C#N)cn2)cnn1C. The lowest BCUT2D eigenvalue weighted by atomic mass is 10.2. The number of nitrogens with zero attached hydrogens (tertiary/aromatic N) is 4. The van der Waals surface area contributed by atoms with Crippen molar-refractivity contribution in [3.63, 3.8) is 0 Å². The van der Waals surface area contributed by atoms with Crippen molar-refractivity contribution in [1.29, 1.82) is 5.26 Å². The number of carbonyl (C=O) groups is 1. The van der Waals surface area contributed by atoms with Crippen molar-refractivity contribution in [1.82, 2.24) is 14.8 Å². The van der Waals surface area contributed by atoms with E-state index in [2.05, 4.69) is 15.4 Å². The van der Waals surface area contributed by atoms with Crippen molar-refractivity contribution >= 4 is 11.7 Å². The Hall–Kier alpha value is -2.68. The first-order valence-corrected chi connectivity index (χ1v) is 5.28. The van der Waals surface area contributed by atoms with Crippen molar-refractivity contribution in [2.75, 3.05) is 5.32 Å². The Morgan fingerprint density at radius 3 is 2.72 bits per heavy atom. The molecule has 1 amide bonds. The Morgan fingerprint density at radius 2 is 2.22 bits per heavy atom. The topological polar surface area (TPSA) is 83.6 Å². The summed E-state index contributed by atoms with van der Waals surface area (Å²) < 4.78 is 1.63. The number of amides is 1. The smallest absolute Gasteiger partial charge is 0.260 e. The zero-order valence-electron chi connectivity index (χ0n) is 10.0. The van der Waals surface area contributed by atoms with Crippen molar-refractivity contribution in [2.45, 2.75) is 6.92 Å². The monoisotopic (exact) mass is 241 g/mol. The molecule has 2 aromatic rings. The molecule has 0 saturated heterocycles. The minimum absolute atomic E-state index is 0.266. The molecule has 90 valence electrons. The van der Waals surface area contributed by atoms with Crippen LogP contribution in [-0.2, 0) is 7.05 Å². The average Bonchev–Trinajstić information content (AvgIpc) is 2.71. The minimum atomic E-state index is -0.266. The van der Waals surface area contributed by atoms with E-state index in [9.17, 15) is 4.79 Å². The lowest BCUT2D eigenvalue weighted by molar-refractivity contribution is 0.102. The molecular formula is C12H11N5O. The van der Waals surface area contributed by atoms with Gasteiger partial charge in [-0.25, -0.2) is 4.98 Å². The number of rotatable bonds is 2. The van der Waals surface area contributed by atoms with Gasteiger partial charge in [0.2, 0.25) is 0 Å². The van der Waals surface area contributed by atoms with Gasteiger partial charge in [0, 0.05) is 18.9 Å². The molecule has 18 heavy (non-hydrogen) atoms. The Balaban J connectivity index is 2.16. The highest BCUT2D eigenvalue weighted by Gasteiger charge is 2.13. The molecule has 2 aromatic heterocycles. The average molecular weight is 241 g/mol. The first-order valence-electron chi connectivity index (χ1n) is 5.28. The van der Waals surface area contributed by atoms with Crippen LogP contribution in [0.5, 0.6) is 0 Å².